The maximum absolute atomic E-state index is 5.47. The Morgan fingerprint density at radius 1 is 0.966 bits per heavy atom. The first-order valence-electron chi connectivity index (χ1n) is 10.9. The molecule has 1 atom stereocenters. The van der Waals surface area contributed by atoms with Crippen LogP contribution in [0.25, 0.3) is 0 Å². The molecule has 0 radical (unpaired) electrons. The van der Waals surface area contributed by atoms with Gasteiger partial charge < -0.3 is 20.1 Å². The van der Waals surface area contributed by atoms with E-state index in [0.717, 1.165) is 84.7 Å². The molecule has 0 aromatic heterocycles. The van der Waals surface area contributed by atoms with Crippen molar-refractivity contribution in [3.8, 4) is 0 Å². The minimum atomic E-state index is 0.556. The number of guanidine groups is 1. The van der Waals surface area contributed by atoms with E-state index >= 15 is 0 Å². The number of hydrogen-bond donors (Lipinski definition) is 2. The predicted octanol–water partition coefficient (Wildman–Crippen LogP) is 1.15. The minimum Gasteiger partial charge on any atom is -0.379 e. The van der Waals surface area contributed by atoms with Crippen LogP contribution in [0.5, 0.6) is 0 Å². The zero-order valence-electron chi connectivity index (χ0n) is 18.0. The van der Waals surface area contributed by atoms with Gasteiger partial charge in [-0.05, 0) is 17.0 Å². The summed E-state index contributed by atoms with van der Waals surface area (Å²) in [5.74, 6) is 1.42. The van der Waals surface area contributed by atoms with E-state index < -0.39 is 0 Å². The zero-order chi connectivity index (χ0) is 20.3. The third-order valence-corrected chi connectivity index (χ3v) is 5.58. The molecule has 2 aliphatic rings. The van der Waals surface area contributed by atoms with Gasteiger partial charge in [-0.25, -0.2) is 0 Å². The summed E-state index contributed by atoms with van der Waals surface area (Å²) in [7, 11) is 1.83. The van der Waals surface area contributed by atoms with E-state index in [1.165, 1.54) is 11.1 Å². The van der Waals surface area contributed by atoms with Crippen LogP contribution in [0, 0.1) is 5.92 Å². The van der Waals surface area contributed by atoms with Crippen molar-refractivity contribution in [3.63, 3.8) is 0 Å². The predicted molar refractivity (Wildman–Crippen MR) is 117 cm³/mol. The summed E-state index contributed by atoms with van der Waals surface area (Å²) in [6, 6.07) is 8.67. The van der Waals surface area contributed by atoms with Crippen molar-refractivity contribution in [2.24, 2.45) is 10.9 Å². The lowest BCUT2D eigenvalue weighted by Crippen LogP contribution is -2.43. The number of benzene rings is 1. The summed E-state index contributed by atoms with van der Waals surface area (Å²) in [6.07, 6.45) is 0. The van der Waals surface area contributed by atoms with Crippen molar-refractivity contribution >= 4 is 5.96 Å². The Kier molecular flexibility index (Phi) is 9.21. The average molecular weight is 404 g/mol. The maximum Gasteiger partial charge on any atom is 0.191 e. The third-order valence-electron chi connectivity index (χ3n) is 5.58. The molecule has 0 bridgehead atoms. The van der Waals surface area contributed by atoms with Gasteiger partial charge in [-0.2, -0.15) is 0 Å². The van der Waals surface area contributed by atoms with Crippen molar-refractivity contribution in [1.82, 2.24) is 20.4 Å². The lowest BCUT2D eigenvalue weighted by atomic mass is 10.1. The fourth-order valence-electron chi connectivity index (χ4n) is 3.84. The molecule has 2 N–H and O–H groups in total. The molecule has 2 saturated heterocycles. The minimum absolute atomic E-state index is 0.556. The van der Waals surface area contributed by atoms with Gasteiger partial charge in [0.2, 0.25) is 0 Å². The quantitative estimate of drug-likeness (QED) is 0.502. The molecule has 7 heteroatoms. The van der Waals surface area contributed by atoms with Crippen LogP contribution in [-0.4, -0.2) is 88.5 Å². The van der Waals surface area contributed by atoms with Gasteiger partial charge in [0.25, 0.3) is 0 Å². The van der Waals surface area contributed by atoms with Gasteiger partial charge in [-0.15, -0.1) is 0 Å². The number of rotatable bonds is 8. The summed E-state index contributed by atoms with van der Waals surface area (Å²) >= 11 is 0. The van der Waals surface area contributed by atoms with Crippen LogP contribution >= 0.6 is 0 Å². The largest absolute Gasteiger partial charge is 0.379 e. The lowest BCUT2D eigenvalue weighted by Gasteiger charge is -2.29. The molecule has 2 fully saturated rings. The highest BCUT2D eigenvalue weighted by Crippen LogP contribution is 2.13. The molecule has 29 heavy (non-hydrogen) atoms. The van der Waals surface area contributed by atoms with E-state index in [4.69, 9.17) is 9.47 Å². The Morgan fingerprint density at radius 2 is 1.59 bits per heavy atom. The summed E-state index contributed by atoms with van der Waals surface area (Å²) in [4.78, 5) is 9.34. The number of nitrogens with one attached hydrogen (secondary N) is 2. The Labute approximate surface area is 175 Å². The fraction of sp³-hybridized carbons (Fsp3) is 0.682. The molecular formula is C22H37N5O2. The van der Waals surface area contributed by atoms with E-state index in [1.54, 1.807) is 0 Å². The molecule has 1 unspecified atom stereocenters. The second-order valence-electron chi connectivity index (χ2n) is 7.98. The Morgan fingerprint density at radius 3 is 2.24 bits per heavy atom. The van der Waals surface area contributed by atoms with Crippen molar-refractivity contribution in [2.45, 2.75) is 20.0 Å². The zero-order valence-corrected chi connectivity index (χ0v) is 18.0. The highest BCUT2D eigenvalue weighted by Gasteiger charge is 2.15. The normalized spacial score (nSPS) is 20.4. The van der Waals surface area contributed by atoms with E-state index in [9.17, 15) is 0 Å². The van der Waals surface area contributed by atoms with Gasteiger partial charge in [0, 0.05) is 59.4 Å². The first-order chi connectivity index (χ1) is 14.2. The molecule has 7 nitrogen and oxygen atoms in total. The number of nitrogens with zero attached hydrogens (tertiary/aromatic N) is 3. The Bertz CT molecular complexity index is 627. The molecule has 2 aliphatic heterocycles. The van der Waals surface area contributed by atoms with Crippen LogP contribution in [0.2, 0.25) is 0 Å². The summed E-state index contributed by atoms with van der Waals surface area (Å²) < 4.78 is 10.9. The van der Waals surface area contributed by atoms with Gasteiger partial charge in [-0.3, -0.25) is 14.8 Å². The van der Waals surface area contributed by atoms with Crippen LogP contribution in [0.4, 0.5) is 0 Å². The molecule has 0 aliphatic carbocycles. The van der Waals surface area contributed by atoms with E-state index in [0.29, 0.717) is 5.92 Å². The number of hydrogen-bond acceptors (Lipinski definition) is 5. The summed E-state index contributed by atoms with van der Waals surface area (Å²) in [5.41, 5.74) is 2.70. The SMILES string of the molecule is CN=C(NCc1ccccc1CN1CCOCC1)NCC(C)CN1CCOCC1. The summed E-state index contributed by atoms with van der Waals surface area (Å²) in [6.45, 7) is 13.5. The molecule has 0 saturated carbocycles. The fourth-order valence-corrected chi connectivity index (χ4v) is 3.84. The highest BCUT2D eigenvalue weighted by atomic mass is 16.5. The van der Waals surface area contributed by atoms with Gasteiger partial charge in [0.05, 0.1) is 26.4 Å². The molecule has 1 aromatic rings. The first kappa shape index (κ1) is 22.0. The lowest BCUT2D eigenvalue weighted by molar-refractivity contribution is 0.0320. The standard InChI is InChI=1S/C22H37N5O2/c1-19(17-26-7-11-28-12-8-26)15-24-22(23-2)25-16-20-5-3-4-6-21(20)18-27-9-13-29-14-10-27/h3-6,19H,7-18H2,1-2H3,(H2,23,24,25). The van der Waals surface area contributed by atoms with E-state index in [1.807, 2.05) is 7.05 Å². The average Bonchev–Trinajstić information content (AvgIpc) is 2.76. The molecule has 1 aromatic carbocycles. The number of aliphatic imine (C=N–C) groups is 1. The molecule has 162 valence electrons. The third kappa shape index (κ3) is 7.59. The molecule has 0 spiro atoms. The monoisotopic (exact) mass is 403 g/mol. The van der Waals surface area contributed by atoms with Crippen LogP contribution in [-0.2, 0) is 22.6 Å². The van der Waals surface area contributed by atoms with Crippen LogP contribution < -0.4 is 10.6 Å². The topological polar surface area (TPSA) is 61.4 Å². The van der Waals surface area contributed by atoms with Gasteiger partial charge in [0.15, 0.2) is 5.96 Å². The Hall–Kier alpha value is -1.67. The second kappa shape index (κ2) is 12.1. The van der Waals surface area contributed by atoms with Crippen LogP contribution in [0.15, 0.2) is 29.3 Å². The van der Waals surface area contributed by atoms with Crippen LogP contribution in [0.1, 0.15) is 18.1 Å². The molecular weight excluding hydrogens is 366 g/mol. The van der Waals surface area contributed by atoms with E-state index in [2.05, 4.69) is 56.6 Å². The van der Waals surface area contributed by atoms with Crippen molar-refractivity contribution in [3.05, 3.63) is 35.4 Å². The van der Waals surface area contributed by atoms with Crippen molar-refractivity contribution in [1.29, 1.82) is 0 Å². The highest BCUT2D eigenvalue weighted by molar-refractivity contribution is 5.79. The number of morpholine rings is 2. The first-order valence-corrected chi connectivity index (χ1v) is 10.9. The van der Waals surface area contributed by atoms with Gasteiger partial charge in [0.1, 0.15) is 0 Å². The summed E-state index contributed by atoms with van der Waals surface area (Å²) in [5, 5.41) is 6.97. The smallest absolute Gasteiger partial charge is 0.191 e. The second-order valence-corrected chi connectivity index (χ2v) is 7.98. The van der Waals surface area contributed by atoms with Crippen molar-refractivity contribution < 1.29 is 9.47 Å². The Balaban J connectivity index is 1.44. The maximum atomic E-state index is 5.47. The van der Waals surface area contributed by atoms with E-state index in [-0.39, 0.29) is 0 Å². The van der Waals surface area contributed by atoms with Gasteiger partial charge >= 0.3 is 0 Å². The molecule has 3 rings (SSSR count). The van der Waals surface area contributed by atoms with Gasteiger partial charge in [-0.1, -0.05) is 31.2 Å². The van der Waals surface area contributed by atoms with Crippen LogP contribution in [0.3, 0.4) is 0 Å². The van der Waals surface area contributed by atoms with Crippen molar-refractivity contribution in [2.75, 3.05) is 72.7 Å². The number of ether oxygens (including phenoxy) is 2. The molecule has 0 amide bonds. The molecule has 2 heterocycles.